The van der Waals surface area contributed by atoms with Gasteiger partial charge in [-0.25, -0.2) is 0 Å². The number of amides is 1. The Kier molecular flexibility index (Phi) is 3.92. The largest absolute Gasteiger partial charge is 0.385 e. The number of hydrogen-bond acceptors (Lipinski definition) is 4. The molecule has 0 aliphatic heterocycles. The average Bonchev–Trinajstić information content (AvgIpc) is 2.37. The van der Waals surface area contributed by atoms with Crippen molar-refractivity contribution in [3.63, 3.8) is 0 Å². The molecule has 0 heterocycles. The predicted octanol–water partition coefficient (Wildman–Crippen LogP) is 2.70. The summed E-state index contributed by atoms with van der Waals surface area (Å²) in [6, 6.07) is 4.31. The number of nitro benzene ring substituents is 1. The molecular weight excluding hydrogens is 258 g/mol. The van der Waals surface area contributed by atoms with Crippen LogP contribution in [0.3, 0.4) is 0 Å². The number of hydrogen-bond donors (Lipinski definition) is 2. The summed E-state index contributed by atoms with van der Waals surface area (Å²) in [5, 5.41) is 16.9. The first kappa shape index (κ1) is 14.3. The Morgan fingerprint density at radius 2 is 2.15 bits per heavy atom. The van der Waals surface area contributed by atoms with Crippen LogP contribution >= 0.6 is 0 Å². The zero-order valence-electron chi connectivity index (χ0n) is 11.7. The Morgan fingerprint density at radius 1 is 1.45 bits per heavy atom. The number of anilines is 1. The highest BCUT2D eigenvalue weighted by Gasteiger charge is 2.34. The molecule has 0 radical (unpaired) electrons. The summed E-state index contributed by atoms with van der Waals surface area (Å²) >= 11 is 0. The van der Waals surface area contributed by atoms with E-state index in [4.69, 9.17) is 0 Å². The molecule has 2 rings (SSSR count). The van der Waals surface area contributed by atoms with Crippen LogP contribution in [0.4, 0.5) is 11.4 Å². The van der Waals surface area contributed by atoms with Gasteiger partial charge in [0.15, 0.2) is 0 Å². The second-order valence-electron chi connectivity index (χ2n) is 5.39. The maximum atomic E-state index is 12.3. The summed E-state index contributed by atoms with van der Waals surface area (Å²) < 4.78 is 0. The van der Waals surface area contributed by atoms with E-state index in [1.807, 2.05) is 13.8 Å². The van der Waals surface area contributed by atoms with E-state index in [9.17, 15) is 14.9 Å². The molecule has 1 saturated carbocycles. The number of nitro groups is 1. The van der Waals surface area contributed by atoms with Gasteiger partial charge in [-0.1, -0.05) is 0 Å². The maximum absolute atomic E-state index is 12.3. The summed E-state index contributed by atoms with van der Waals surface area (Å²) in [5.74, 6) is -0.258. The van der Waals surface area contributed by atoms with Gasteiger partial charge in [-0.15, -0.1) is 0 Å². The van der Waals surface area contributed by atoms with Crippen molar-refractivity contribution in [3.8, 4) is 0 Å². The Bertz CT molecular complexity index is 538. The molecule has 1 aromatic carbocycles. The van der Waals surface area contributed by atoms with Crippen LogP contribution in [0.5, 0.6) is 0 Å². The highest BCUT2D eigenvalue weighted by Crippen LogP contribution is 2.32. The third-order valence-electron chi connectivity index (χ3n) is 3.70. The molecule has 0 atom stereocenters. The summed E-state index contributed by atoms with van der Waals surface area (Å²) in [4.78, 5) is 22.7. The molecule has 6 nitrogen and oxygen atoms in total. The molecule has 1 amide bonds. The second kappa shape index (κ2) is 5.48. The van der Waals surface area contributed by atoms with E-state index in [0.29, 0.717) is 17.8 Å². The summed E-state index contributed by atoms with van der Waals surface area (Å²) in [6.07, 6.45) is 3.00. The molecule has 1 aliphatic carbocycles. The normalized spacial score (nSPS) is 16.1. The monoisotopic (exact) mass is 277 g/mol. The lowest BCUT2D eigenvalue weighted by Crippen LogP contribution is -2.51. The third-order valence-corrected chi connectivity index (χ3v) is 3.70. The summed E-state index contributed by atoms with van der Waals surface area (Å²) in [6.45, 7) is 4.56. The summed E-state index contributed by atoms with van der Waals surface area (Å²) in [5.41, 5.74) is 0.703. The third kappa shape index (κ3) is 2.89. The number of benzene rings is 1. The highest BCUT2D eigenvalue weighted by atomic mass is 16.6. The van der Waals surface area contributed by atoms with E-state index in [0.717, 1.165) is 19.3 Å². The van der Waals surface area contributed by atoms with E-state index in [-0.39, 0.29) is 17.1 Å². The van der Waals surface area contributed by atoms with Crippen molar-refractivity contribution in [2.24, 2.45) is 0 Å². The van der Waals surface area contributed by atoms with Crippen molar-refractivity contribution < 1.29 is 9.72 Å². The predicted molar refractivity (Wildman–Crippen MR) is 77.0 cm³/mol. The van der Waals surface area contributed by atoms with Crippen LogP contribution in [0.15, 0.2) is 18.2 Å². The number of nitrogens with one attached hydrogen (secondary N) is 2. The molecule has 20 heavy (non-hydrogen) atoms. The molecule has 0 saturated heterocycles. The fraction of sp³-hybridized carbons (Fsp3) is 0.500. The molecule has 0 aromatic heterocycles. The number of rotatable bonds is 5. The van der Waals surface area contributed by atoms with E-state index in [1.165, 1.54) is 12.1 Å². The molecule has 1 aromatic rings. The van der Waals surface area contributed by atoms with Gasteiger partial charge < -0.3 is 10.6 Å². The van der Waals surface area contributed by atoms with Gasteiger partial charge in [-0.05, 0) is 39.2 Å². The van der Waals surface area contributed by atoms with Gasteiger partial charge in [0.2, 0.25) is 0 Å². The quantitative estimate of drug-likeness (QED) is 0.640. The number of non-ortho nitro benzene ring substituents is 1. The highest BCUT2D eigenvalue weighted by molar-refractivity contribution is 6.00. The first-order chi connectivity index (χ1) is 9.45. The molecule has 0 bridgehead atoms. The smallest absolute Gasteiger partial charge is 0.270 e. The van der Waals surface area contributed by atoms with Gasteiger partial charge >= 0.3 is 0 Å². The minimum absolute atomic E-state index is 0.0736. The molecule has 0 unspecified atom stereocenters. The van der Waals surface area contributed by atoms with Gasteiger partial charge in [0.25, 0.3) is 11.6 Å². The van der Waals surface area contributed by atoms with Crippen molar-refractivity contribution in [2.45, 2.75) is 38.6 Å². The molecule has 1 aliphatic rings. The summed E-state index contributed by atoms with van der Waals surface area (Å²) in [7, 11) is 0. The lowest BCUT2D eigenvalue weighted by molar-refractivity contribution is -0.384. The lowest BCUT2D eigenvalue weighted by atomic mass is 9.78. The molecular formula is C14H19N3O3. The van der Waals surface area contributed by atoms with Crippen molar-refractivity contribution in [1.29, 1.82) is 0 Å². The van der Waals surface area contributed by atoms with Crippen LogP contribution in [0.25, 0.3) is 0 Å². The van der Waals surface area contributed by atoms with E-state index in [1.54, 1.807) is 6.07 Å². The van der Waals surface area contributed by atoms with Crippen molar-refractivity contribution >= 4 is 17.3 Å². The van der Waals surface area contributed by atoms with Crippen LogP contribution in [-0.4, -0.2) is 22.9 Å². The van der Waals surface area contributed by atoms with Crippen LogP contribution < -0.4 is 10.6 Å². The van der Waals surface area contributed by atoms with Gasteiger partial charge in [-0.2, -0.15) is 0 Å². The first-order valence-corrected chi connectivity index (χ1v) is 6.80. The zero-order chi connectivity index (χ0) is 14.8. The fourth-order valence-electron chi connectivity index (χ4n) is 2.35. The average molecular weight is 277 g/mol. The number of carbonyl (C=O) groups excluding carboxylic acids is 1. The van der Waals surface area contributed by atoms with Gasteiger partial charge in [0.1, 0.15) is 0 Å². The van der Waals surface area contributed by atoms with Crippen LogP contribution in [0.1, 0.15) is 43.5 Å². The SMILES string of the molecule is CCNc1ccc([N+](=O)[O-])cc1C(=O)NC1(C)CCC1. The number of carbonyl (C=O) groups is 1. The lowest BCUT2D eigenvalue weighted by Gasteiger charge is -2.39. The van der Waals surface area contributed by atoms with Crippen molar-refractivity contribution in [3.05, 3.63) is 33.9 Å². The van der Waals surface area contributed by atoms with E-state index >= 15 is 0 Å². The Morgan fingerprint density at radius 3 is 2.65 bits per heavy atom. The standard InChI is InChI=1S/C14H19N3O3/c1-3-15-12-6-5-10(17(19)20)9-11(12)13(18)16-14(2)7-4-8-14/h5-6,9,15H,3-4,7-8H2,1-2H3,(H,16,18). The zero-order valence-corrected chi connectivity index (χ0v) is 11.7. The van der Waals surface area contributed by atoms with Crippen LogP contribution in [0, 0.1) is 10.1 Å². The van der Waals surface area contributed by atoms with Crippen molar-refractivity contribution in [1.82, 2.24) is 5.32 Å². The van der Waals surface area contributed by atoms with Crippen LogP contribution in [-0.2, 0) is 0 Å². The van der Waals surface area contributed by atoms with E-state index in [2.05, 4.69) is 10.6 Å². The van der Waals surface area contributed by atoms with Crippen molar-refractivity contribution in [2.75, 3.05) is 11.9 Å². The fourth-order valence-corrected chi connectivity index (χ4v) is 2.35. The van der Waals surface area contributed by atoms with E-state index < -0.39 is 4.92 Å². The van der Waals surface area contributed by atoms with Gasteiger partial charge in [-0.3, -0.25) is 14.9 Å². The Hall–Kier alpha value is -2.11. The van der Waals surface area contributed by atoms with Gasteiger partial charge in [0.05, 0.1) is 10.5 Å². The topological polar surface area (TPSA) is 84.3 Å². The molecule has 108 valence electrons. The Labute approximate surface area is 117 Å². The van der Waals surface area contributed by atoms with Gasteiger partial charge in [0, 0.05) is 29.9 Å². The second-order valence-corrected chi connectivity index (χ2v) is 5.39. The van der Waals surface area contributed by atoms with Crippen LogP contribution in [0.2, 0.25) is 0 Å². The minimum Gasteiger partial charge on any atom is -0.385 e. The first-order valence-electron chi connectivity index (χ1n) is 6.80. The Balaban J connectivity index is 2.28. The minimum atomic E-state index is -0.489. The molecule has 6 heteroatoms. The molecule has 1 fully saturated rings. The molecule has 0 spiro atoms. The molecule has 2 N–H and O–H groups in total. The maximum Gasteiger partial charge on any atom is 0.270 e. The number of nitrogens with zero attached hydrogens (tertiary/aromatic N) is 1.